The van der Waals surface area contributed by atoms with Crippen LogP contribution in [0.25, 0.3) is 0 Å². The maximum absolute atomic E-state index is 13.6. The molecular formula is C12H14ClFN4. The maximum atomic E-state index is 13.6. The lowest BCUT2D eigenvalue weighted by atomic mass is 10.2. The molecule has 0 spiro atoms. The number of nitrogens with one attached hydrogen (secondary N) is 1. The second-order valence-corrected chi connectivity index (χ2v) is 4.37. The molecule has 1 heterocycles. The molecular weight excluding hydrogens is 255 g/mol. The van der Waals surface area contributed by atoms with Gasteiger partial charge in [-0.15, -0.1) is 0 Å². The lowest BCUT2D eigenvalue weighted by Gasteiger charge is -2.09. The Morgan fingerprint density at radius 3 is 2.83 bits per heavy atom. The van der Waals surface area contributed by atoms with Crippen LogP contribution in [0.3, 0.4) is 0 Å². The van der Waals surface area contributed by atoms with Gasteiger partial charge in [0.25, 0.3) is 0 Å². The number of rotatable bonds is 3. The highest BCUT2D eigenvalue weighted by molar-refractivity contribution is 6.30. The molecule has 6 heteroatoms. The Kier molecular flexibility index (Phi) is 3.43. The molecule has 0 unspecified atom stereocenters. The van der Waals surface area contributed by atoms with Crippen molar-refractivity contribution in [3.05, 3.63) is 34.7 Å². The Hall–Kier alpha value is -1.75. The molecule has 0 radical (unpaired) electrons. The number of halogens is 2. The van der Waals surface area contributed by atoms with Crippen molar-refractivity contribution in [1.82, 2.24) is 9.78 Å². The van der Waals surface area contributed by atoms with Gasteiger partial charge in [-0.1, -0.05) is 18.5 Å². The van der Waals surface area contributed by atoms with Crippen molar-refractivity contribution in [2.24, 2.45) is 7.05 Å². The van der Waals surface area contributed by atoms with E-state index >= 15 is 0 Å². The van der Waals surface area contributed by atoms with E-state index in [1.807, 2.05) is 6.92 Å². The molecule has 1 aromatic heterocycles. The topological polar surface area (TPSA) is 55.9 Å². The maximum Gasteiger partial charge on any atom is 0.152 e. The van der Waals surface area contributed by atoms with Crippen molar-refractivity contribution < 1.29 is 4.39 Å². The van der Waals surface area contributed by atoms with Crippen LogP contribution in [0.15, 0.2) is 18.2 Å². The normalized spacial score (nSPS) is 10.7. The SMILES string of the molecule is CCc1nn(C)c(Nc2cc(Cl)ccc2F)c1N. The monoisotopic (exact) mass is 268 g/mol. The van der Waals surface area contributed by atoms with Gasteiger partial charge in [0.05, 0.1) is 17.1 Å². The molecule has 0 aliphatic carbocycles. The fraction of sp³-hybridized carbons (Fsp3) is 0.250. The molecule has 18 heavy (non-hydrogen) atoms. The first-order valence-corrected chi connectivity index (χ1v) is 5.94. The molecule has 2 aromatic rings. The van der Waals surface area contributed by atoms with Gasteiger partial charge >= 0.3 is 0 Å². The highest BCUT2D eigenvalue weighted by Gasteiger charge is 2.13. The van der Waals surface area contributed by atoms with Crippen LogP contribution >= 0.6 is 11.6 Å². The van der Waals surface area contributed by atoms with Gasteiger partial charge in [-0.2, -0.15) is 5.10 Å². The third-order valence-electron chi connectivity index (χ3n) is 2.68. The van der Waals surface area contributed by atoms with Crippen LogP contribution in [0.1, 0.15) is 12.6 Å². The summed E-state index contributed by atoms with van der Waals surface area (Å²) < 4.78 is 15.2. The number of nitrogens with zero attached hydrogens (tertiary/aromatic N) is 2. The van der Waals surface area contributed by atoms with Crippen LogP contribution in [-0.2, 0) is 13.5 Å². The Bertz CT molecular complexity index is 580. The minimum absolute atomic E-state index is 0.278. The van der Waals surface area contributed by atoms with Crippen LogP contribution in [0.5, 0.6) is 0 Å². The van der Waals surface area contributed by atoms with Gasteiger partial charge in [-0.05, 0) is 24.6 Å². The largest absolute Gasteiger partial charge is 0.394 e. The molecule has 3 N–H and O–H groups in total. The minimum Gasteiger partial charge on any atom is -0.394 e. The van der Waals surface area contributed by atoms with Crippen LogP contribution < -0.4 is 11.1 Å². The second-order valence-electron chi connectivity index (χ2n) is 3.94. The zero-order chi connectivity index (χ0) is 13.3. The highest BCUT2D eigenvalue weighted by Crippen LogP contribution is 2.28. The van der Waals surface area contributed by atoms with E-state index in [1.165, 1.54) is 18.2 Å². The fourth-order valence-electron chi connectivity index (χ4n) is 1.73. The molecule has 96 valence electrons. The molecule has 0 fully saturated rings. The van der Waals surface area contributed by atoms with Crippen molar-refractivity contribution >= 4 is 28.8 Å². The van der Waals surface area contributed by atoms with Crippen LogP contribution in [-0.4, -0.2) is 9.78 Å². The number of anilines is 3. The molecule has 0 aliphatic heterocycles. The molecule has 0 bridgehead atoms. The third kappa shape index (κ3) is 2.26. The average molecular weight is 269 g/mol. The minimum atomic E-state index is -0.391. The summed E-state index contributed by atoms with van der Waals surface area (Å²) in [6, 6.07) is 4.30. The Morgan fingerprint density at radius 1 is 1.50 bits per heavy atom. The summed E-state index contributed by atoms with van der Waals surface area (Å²) in [6.45, 7) is 1.96. The zero-order valence-corrected chi connectivity index (χ0v) is 10.9. The van der Waals surface area contributed by atoms with E-state index in [1.54, 1.807) is 11.7 Å². The van der Waals surface area contributed by atoms with Crippen molar-refractivity contribution in [2.75, 3.05) is 11.1 Å². The molecule has 0 saturated carbocycles. The first kappa shape index (κ1) is 12.7. The number of hydrogen-bond acceptors (Lipinski definition) is 3. The zero-order valence-electron chi connectivity index (χ0n) is 10.2. The molecule has 2 rings (SSSR count). The highest BCUT2D eigenvalue weighted by atomic mass is 35.5. The first-order valence-electron chi connectivity index (χ1n) is 5.56. The molecule has 4 nitrogen and oxygen atoms in total. The first-order chi connectivity index (χ1) is 8.52. The number of nitrogen functional groups attached to an aromatic ring is 1. The van der Waals surface area contributed by atoms with Crippen molar-refractivity contribution in [1.29, 1.82) is 0 Å². The Morgan fingerprint density at radius 2 is 2.22 bits per heavy atom. The molecule has 0 amide bonds. The van der Waals surface area contributed by atoms with Gasteiger partial charge < -0.3 is 11.1 Å². The third-order valence-corrected chi connectivity index (χ3v) is 2.91. The standard InChI is InChI=1S/C12H14ClFN4/c1-3-9-11(15)12(18(2)17-9)16-10-6-7(13)4-5-8(10)14/h4-6,16H,3,15H2,1-2H3. The van der Waals surface area contributed by atoms with Crippen LogP contribution in [0.2, 0.25) is 5.02 Å². The fourth-order valence-corrected chi connectivity index (χ4v) is 1.90. The van der Waals surface area contributed by atoms with Gasteiger partial charge in [0, 0.05) is 12.1 Å². The van der Waals surface area contributed by atoms with Crippen molar-refractivity contribution in [3.63, 3.8) is 0 Å². The van der Waals surface area contributed by atoms with Gasteiger partial charge in [-0.25, -0.2) is 4.39 Å². The van der Waals surface area contributed by atoms with E-state index in [9.17, 15) is 4.39 Å². The summed E-state index contributed by atoms with van der Waals surface area (Å²) in [5.74, 6) is 0.172. The van der Waals surface area contributed by atoms with E-state index in [-0.39, 0.29) is 5.69 Å². The molecule has 0 saturated heterocycles. The second kappa shape index (κ2) is 4.86. The number of benzene rings is 1. The summed E-state index contributed by atoms with van der Waals surface area (Å²) in [5, 5.41) is 7.63. The van der Waals surface area contributed by atoms with Crippen LogP contribution in [0, 0.1) is 5.82 Å². The van der Waals surface area contributed by atoms with Gasteiger partial charge in [0.15, 0.2) is 5.82 Å². The lowest BCUT2D eigenvalue weighted by molar-refractivity contribution is 0.631. The Balaban J connectivity index is 2.39. The number of aryl methyl sites for hydroxylation is 2. The quantitative estimate of drug-likeness (QED) is 0.899. The van der Waals surface area contributed by atoms with Gasteiger partial charge in [-0.3, -0.25) is 4.68 Å². The van der Waals surface area contributed by atoms with Gasteiger partial charge in [0.1, 0.15) is 5.82 Å². The van der Waals surface area contributed by atoms with Gasteiger partial charge in [0.2, 0.25) is 0 Å². The van der Waals surface area contributed by atoms with Crippen LogP contribution in [0.4, 0.5) is 21.6 Å². The lowest BCUT2D eigenvalue weighted by Crippen LogP contribution is -2.02. The Labute approximate surface area is 110 Å². The predicted molar refractivity (Wildman–Crippen MR) is 71.7 cm³/mol. The summed E-state index contributed by atoms with van der Waals surface area (Å²) in [6.07, 6.45) is 0.722. The predicted octanol–water partition coefficient (Wildman–Crippen LogP) is 3.10. The smallest absolute Gasteiger partial charge is 0.152 e. The summed E-state index contributed by atoms with van der Waals surface area (Å²) in [7, 11) is 1.75. The van der Waals surface area contributed by atoms with Crippen molar-refractivity contribution in [3.8, 4) is 0 Å². The number of nitrogens with two attached hydrogens (primary N) is 1. The summed E-state index contributed by atoms with van der Waals surface area (Å²) >= 11 is 5.83. The summed E-state index contributed by atoms with van der Waals surface area (Å²) in [4.78, 5) is 0. The van der Waals surface area contributed by atoms with E-state index in [4.69, 9.17) is 17.3 Å². The van der Waals surface area contributed by atoms with Crippen molar-refractivity contribution in [2.45, 2.75) is 13.3 Å². The van der Waals surface area contributed by atoms with E-state index in [0.29, 0.717) is 16.5 Å². The van der Waals surface area contributed by atoms with E-state index in [2.05, 4.69) is 10.4 Å². The number of hydrogen-bond donors (Lipinski definition) is 2. The summed E-state index contributed by atoms with van der Waals surface area (Å²) in [5.41, 5.74) is 7.53. The average Bonchev–Trinajstić information content (AvgIpc) is 2.61. The molecule has 0 aliphatic rings. The molecule has 1 aromatic carbocycles. The molecule has 0 atom stereocenters. The van der Waals surface area contributed by atoms with E-state index < -0.39 is 5.82 Å². The van der Waals surface area contributed by atoms with E-state index in [0.717, 1.165) is 12.1 Å². The number of aromatic nitrogens is 2.